The molecule has 36 heavy (non-hydrogen) atoms. The highest BCUT2D eigenvalue weighted by molar-refractivity contribution is 6.46. The zero-order chi connectivity index (χ0) is 25.7. The van der Waals surface area contributed by atoms with E-state index in [1.807, 2.05) is 43.3 Å². The van der Waals surface area contributed by atoms with Crippen LogP contribution in [0.3, 0.4) is 0 Å². The van der Waals surface area contributed by atoms with Crippen molar-refractivity contribution < 1.29 is 19.4 Å². The van der Waals surface area contributed by atoms with Gasteiger partial charge in [0.05, 0.1) is 18.2 Å². The summed E-state index contributed by atoms with van der Waals surface area (Å²) in [7, 11) is 0. The zero-order valence-corrected chi connectivity index (χ0v) is 21.0. The first-order valence-electron chi connectivity index (χ1n) is 12.4. The van der Waals surface area contributed by atoms with Gasteiger partial charge in [-0.15, -0.1) is 0 Å². The van der Waals surface area contributed by atoms with Crippen molar-refractivity contribution in [3.05, 3.63) is 100 Å². The van der Waals surface area contributed by atoms with Crippen LogP contribution in [-0.2, 0) is 22.6 Å². The van der Waals surface area contributed by atoms with Gasteiger partial charge in [-0.25, -0.2) is 0 Å². The summed E-state index contributed by atoms with van der Waals surface area (Å²) in [4.78, 5) is 32.2. The lowest BCUT2D eigenvalue weighted by Gasteiger charge is -2.25. The molecule has 1 aliphatic rings. The fraction of sp³-hybridized carbons (Fsp3) is 0.300. The number of nitrogens with zero attached hydrogens (tertiary/aromatic N) is 2. The maximum absolute atomic E-state index is 13.3. The molecule has 1 amide bonds. The van der Waals surface area contributed by atoms with Crippen molar-refractivity contribution >= 4 is 17.4 Å². The van der Waals surface area contributed by atoms with E-state index in [1.165, 1.54) is 4.90 Å². The van der Waals surface area contributed by atoms with Crippen molar-refractivity contribution in [2.24, 2.45) is 0 Å². The molecule has 2 aromatic carbocycles. The highest BCUT2D eigenvalue weighted by Crippen LogP contribution is 2.41. The van der Waals surface area contributed by atoms with Crippen molar-refractivity contribution in [2.75, 3.05) is 6.61 Å². The minimum Gasteiger partial charge on any atom is -0.507 e. The molecule has 1 fully saturated rings. The van der Waals surface area contributed by atoms with Crippen LogP contribution in [-0.4, -0.2) is 33.3 Å². The summed E-state index contributed by atoms with van der Waals surface area (Å²) in [6, 6.07) is 16.2. The Hall–Kier alpha value is -3.93. The highest BCUT2D eigenvalue weighted by Gasteiger charge is 2.46. The first-order valence-corrected chi connectivity index (χ1v) is 12.4. The van der Waals surface area contributed by atoms with E-state index in [2.05, 4.69) is 18.8 Å². The molecular weight excluding hydrogens is 452 g/mol. The molecule has 1 N–H and O–H groups in total. The molecule has 1 saturated heterocycles. The summed E-state index contributed by atoms with van der Waals surface area (Å²) < 4.78 is 5.79. The van der Waals surface area contributed by atoms with E-state index in [4.69, 9.17) is 4.74 Å². The highest BCUT2D eigenvalue weighted by atomic mass is 16.5. The number of ketones is 1. The monoisotopic (exact) mass is 484 g/mol. The first kappa shape index (κ1) is 25.2. The second-order valence-electron chi connectivity index (χ2n) is 9.06. The maximum atomic E-state index is 13.3. The number of aliphatic hydroxyl groups is 1. The number of aromatic nitrogens is 1. The standard InChI is InChI=1S/C30H32N2O4/c1-4-6-16-36-24-13-14-25(20(3)17-24)28(33)26-27(23-11-9-21(5-2)10-12-23)32(30(35)29(26)34)19-22-8-7-15-31-18-22/h7-15,17-18,27,33H,4-6,16,19H2,1-3H3/t27-/m0/s1. The third-order valence-electron chi connectivity index (χ3n) is 6.54. The quantitative estimate of drug-likeness (QED) is 0.181. The molecule has 0 bridgehead atoms. The van der Waals surface area contributed by atoms with E-state index < -0.39 is 17.7 Å². The van der Waals surface area contributed by atoms with E-state index in [1.54, 1.807) is 30.6 Å². The Kier molecular flexibility index (Phi) is 7.84. The van der Waals surface area contributed by atoms with Gasteiger partial charge in [-0.3, -0.25) is 14.6 Å². The molecule has 0 spiro atoms. The lowest BCUT2D eigenvalue weighted by molar-refractivity contribution is -0.140. The molecule has 186 valence electrons. The molecule has 6 heteroatoms. The second kappa shape index (κ2) is 11.2. The molecule has 1 aliphatic heterocycles. The van der Waals surface area contributed by atoms with Crippen molar-refractivity contribution in [3.8, 4) is 5.75 Å². The number of ether oxygens (including phenoxy) is 1. The molecule has 0 unspecified atom stereocenters. The van der Waals surface area contributed by atoms with Gasteiger partial charge in [0.1, 0.15) is 11.5 Å². The van der Waals surface area contributed by atoms with Gasteiger partial charge in [0.25, 0.3) is 11.7 Å². The lowest BCUT2D eigenvalue weighted by atomic mass is 9.93. The van der Waals surface area contributed by atoms with Gasteiger partial charge in [0, 0.05) is 24.5 Å². The van der Waals surface area contributed by atoms with Crippen LogP contribution in [0.4, 0.5) is 0 Å². The average molecular weight is 485 g/mol. The molecule has 1 aromatic heterocycles. The number of carbonyl (C=O) groups excluding carboxylic acids is 2. The second-order valence-corrected chi connectivity index (χ2v) is 9.06. The molecule has 0 radical (unpaired) electrons. The fourth-order valence-electron chi connectivity index (χ4n) is 4.48. The van der Waals surface area contributed by atoms with Crippen molar-refractivity contribution in [1.82, 2.24) is 9.88 Å². The lowest BCUT2D eigenvalue weighted by Crippen LogP contribution is -2.29. The Morgan fingerprint density at radius 3 is 2.47 bits per heavy atom. The summed E-state index contributed by atoms with van der Waals surface area (Å²) in [6.07, 6.45) is 6.21. The Morgan fingerprint density at radius 2 is 1.83 bits per heavy atom. The molecule has 1 atom stereocenters. The number of likely N-dealkylation sites (tertiary alicyclic amines) is 1. The first-order chi connectivity index (χ1) is 17.4. The molecule has 4 rings (SSSR count). The third kappa shape index (κ3) is 5.18. The van der Waals surface area contributed by atoms with Crippen LogP contribution in [0.5, 0.6) is 5.75 Å². The Balaban J connectivity index is 1.78. The number of amides is 1. The topological polar surface area (TPSA) is 79.7 Å². The molecule has 0 saturated carbocycles. The molecule has 3 aromatic rings. The van der Waals surface area contributed by atoms with E-state index >= 15 is 0 Å². The van der Waals surface area contributed by atoms with E-state index in [9.17, 15) is 14.7 Å². The number of carbonyl (C=O) groups is 2. The largest absolute Gasteiger partial charge is 0.507 e. The van der Waals surface area contributed by atoms with Gasteiger partial charge in [0.2, 0.25) is 0 Å². The maximum Gasteiger partial charge on any atom is 0.295 e. The fourth-order valence-corrected chi connectivity index (χ4v) is 4.48. The molecule has 6 nitrogen and oxygen atoms in total. The van der Waals surface area contributed by atoms with Crippen LogP contribution >= 0.6 is 0 Å². The van der Waals surface area contributed by atoms with Gasteiger partial charge in [0.15, 0.2) is 0 Å². The van der Waals surface area contributed by atoms with Crippen LogP contribution in [0.2, 0.25) is 0 Å². The molecule has 2 heterocycles. The zero-order valence-electron chi connectivity index (χ0n) is 21.0. The summed E-state index contributed by atoms with van der Waals surface area (Å²) >= 11 is 0. The Labute approximate surface area is 212 Å². The van der Waals surface area contributed by atoms with Crippen LogP contribution in [0.15, 0.2) is 72.6 Å². The minimum atomic E-state index is -0.712. The normalized spacial score (nSPS) is 17.0. The SMILES string of the molecule is CCCCOc1ccc(C(O)=C2C(=O)C(=O)N(Cc3cccnc3)[C@H]2c2ccc(CC)cc2)c(C)c1. The number of rotatable bonds is 9. The number of benzene rings is 2. The summed E-state index contributed by atoms with van der Waals surface area (Å²) in [6.45, 7) is 6.86. The van der Waals surface area contributed by atoms with E-state index in [0.717, 1.165) is 41.5 Å². The van der Waals surface area contributed by atoms with Crippen LogP contribution in [0.25, 0.3) is 5.76 Å². The number of hydrogen-bond donors (Lipinski definition) is 1. The average Bonchev–Trinajstić information content (AvgIpc) is 3.14. The number of pyridine rings is 1. The van der Waals surface area contributed by atoms with Crippen molar-refractivity contribution in [2.45, 2.75) is 52.6 Å². The van der Waals surface area contributed by atoms with Gasteiger partial charge in [-0.2, -0.15) is 0 Å². The number of hydrogen-bond acceptors (Lipinski definition) is 5. The van der Waals surface area contributed by atoms with Crippen LogP contribution < -0.4 is 4.74 Å². The minimum absolute atomic E-state index is 0.0934. The number of Topliss-reactive ketones (excluding diaryl/α,β-unsaturated/α-hetero) is 1. The van der Waals surface area contributed by atoms with E-state index in [0.29, 0.717) is 17.9 Å². The Morgan fingerprint density at radius 1 is 1.06 bits per heavy atom. The van der Waals surface area contributed by atoms with Crippen molar-refractivity contribution in [3.63, 3.8) is 0 Å². The van der Waals surface area contributed by atoms with Crippen molar-refractivity contribution in [1.29, 1.82) is 0 Å². The number of aliphatic hydroxyl groups excluding tert-OH is 1. The number of aryl methyl sites for hydroxylation is 2. The van der Waals surface area contributed by atoms with Gasteiger partial charge < -0.3 is 14.7 Å². The third-order valence-corrected chi connectivity index (χ3v) is 6.54. The number of unbranched alkanes of at least 4 members (excludes halogenated alkanes) is 1. The summed E-state index contributed by atoms with van der Waals surface area (Å²) in [5.41, 5.74) is 4.09. The predicted octanol–water partition coefficient (Wildman–Crippen LogP) is 5.75. The van der Waals surface area contributed by atoms with Gasteiger partial charge >= 0.3 is 0 Å². The Bertz CT molecular complexity index is 1270. The summed E-state index contributed by atoms with van der Waals surface area (Å²) in [5.74, 6) is -0.795. The van der Waals surface area contributed by atoms with Crippen LogP contribution in [0.1, 0.15) is 60.5 Å². The van der Waals surface area contributed by atoms with E-state index in [-0.39, 0.29) is 17.9 Å². The molecule has 0 aliphatic carbocycles. The smallest absolute Gasteiger partial charge is 0.295 e. The molecular formula is C30H32N2O4. The predicted molar refractivity (Wildman–Crippen MR) is 139 cm³/mol. The summed E-state index contributed by atoms with van der Waals surface area (Å²) in [5, 5.41) is 11.4. The van der Waals surface area contributed by atoms with Gasteiger partial charge in [-0.05, 0) is 66.3 Å². The van der Waals surface area contributed by atoms with Crippen LogP contribution in [0, 0.1) is 6.92 Å². The van der Waals surface area contributed by atoms with Gasteiger partial charge in [-0.1, -0.05) is 50.6 Å².